The van der Waals surface area contributed by atoms with Crippen molar-refractivity contribution in [2.45, 2.75) is 0 Å². The Morgan fingerprint density at radius 3 is 2.28 bits per heavy atom. The van der Waals surface area contributed by atoms with E-state index in [2.05, 4.69) is 0 Å². The molecule has 0 bridgehead atoms. The van der Waals surface area contributed by atoms with Crippen LogP contribution >= 0.6 is 0 Å². The van der Waals surface area contributed by atoms with E-state index in [0.29, 0.717) is 11.0 Å². The van der Waals surface area contributed by atoms with E-state index in [1.165, 1.54) is 0 Å². The minimum Gasteiger partial charge on any atom is -0.423 e. The molecule has 0 radical (unpaired) electrons. The van der Waals surface area contributed by atoms with Gasteiger partial charge in [0.15, 0.2) is 0 Å². The van der Waals surface area contributed by atoms with Crippen molar-refractivity contribution < 1.29 is 16.3 Å². The molecule has 2 aromatic carbocycles. The number of carbonyl (C=O) groups excluding carboxylic acids is 1. The molecule has 4 nitrogen and oxygen atoms in total. The van der Waals surface area contributed by atoms with Crippen LogP contribution in [0.4, 0.5) is 0 Å². The van der Waals surface area contributed by atoms with Crippen LogP contribution in [0.5, 0.6) is 0 Å². The predicted octanol–water partition coefficient (Wildman–Crippen LogP) is 0.378. The first-order valence-corrected chi connectivity index (χ1v) is 5.44. The van der Waals surface area contributed by atoms with Gasteiger partial charge in [0, 0.05) is 6.99 Å². The van der Waals surface area contributed by atoms with Crippen LogP contribution in [0.3, 0.4) is 0 Å². The highest BCUT2D eigenvalue weighted by molar-refractivity contribution is 6.58. The van der Waals surface area contributed by atoms with E-state index in [0.717, 1.165) is 11.1 Å². The van der Waals surface area contributed by atoms with Crippen molar-refractivity contribution in [2.24, 2.45) is 5.73 Å². The number of nitrogens with two attached hydrogens (primary N) is 1. The number of primary amides is 1. The minimum atomic E-state index is -1.49. The lowest BCUT2D eigenvalue weighted by molar-refractivity contribution is 0.100. The SMILES string of the molecule is NC(=O)c1ccc(-c2cccc(B(O)O)c2)cc1.[HH]. The lowest BCUT2D eigenvalue weighted by Crippen LogP contribution is -2.29. The quantitative estimate of drug-likeness (QED) is 0.681. The summed E-state index contributed by atoms with van der Waals surface area (Å²) in [5.74, 6) is -0.471. The molecule has 0 spiro atoms. The Hall–Kier alpha value is -2.11. The molecule has 18 heavy (non-hydrogen) atoms. The Bertz CT molecular complexity index is 572. The highest BCUT2D eigenvalue weighted by Gasteiger charge is 2.11. The molecule has 5 heteroatoms. The van der Waals surface area contributed by atoms with Gasteiger partial charge in [-0.3, -0.25) is 4.79 Å². The average Bonchev–Trinajstić information content (AvgIpc) is 2.39. The van der Waals surface area contributed by atoms with E-state index < -0.39 is 13.0 Å². The summed E-state index contributed by atoms with van der Waals surface area (Å²) >= 11 is 0. The molecule has 0 aliphatic rings. The standard InChI is InChI=1S/C13H12BNO3.H2/c15-13(16)10-6-4-9(5-7-10)11-2-1-3-12(8-11)14(17)18;/h1-8,17-18H,(H2,15,16);1H. The molecule has 2 aromatic rings. The van der Waals surface area contributed by atoms with E-state index in [-0.39, 0.29) is 1.43 Å². The monoisotopic (exact) mass is 243 g/mol. The van der Waals surface area contributed by atoms with Crippen molar-refractivity contribution in [3.8, 4) is 11.1 Å². The molecule has 4 N–H and O–H groups in total. The largest absolute Gasteiger partial charge is 0.488 e. The van der Waals surface area contributed by atoms with Crippen molar-refractivity contribution in [1.29, 1.82) is 0 Å². The molecule has 0 saturated heterocycles. The maximum atomic E-state index is 10.9. The van der Waals surface area contributed by atoms with Crippen LogP contribution in [0.15, 0.2) is 48.5 Å². The molecule has 2 rings (SSSR count). The second-order valence-corrected chi connectivity index (χ2v) is 3.94. The third-order valence-electron chi connectivity index (χ3n) is 2.69. The summed E-state index contributed by atoms with van der Waals surface area (Å²) in [4.78, 5) is 10.9. The van der Waals surface area contributed by atoms with Gasteiger partial charge in [0.25, 0.3) is 0 Å². The number of hydrogen-bond acceptors (Lipinski definition) is 3. The predicted molar refractivity (Wildman–Crippen MR) is 72.3 cm³/mol. The van der Waals surface area contributed by atoms with Crippen LogP contribution in [-0.4, -0.2) is 23.1 Å². The normalized spacial score (nSPS) is 10.1. The first kappa shape index (κ1) is 12.4. The molecular weight excluding hydrogens is 229 g/mol. The molecule has 0 aliphatic heterocycles. The molecule has 0 aliphatic carbocycles. The van der Waals surface area contributed by atoms with Crippen molar-refractivity contribution in [3.05, 3.63) is 54.1 Å². The summed E-state index contributed by atoms with van der Waals surface area (Å²) in [7, 11) is -1.49. The summed E-state index contributed by atoms with van der Waals surface area (Å²) < 4.78 is 0. The molecule has 92 valence electrons. The zero-order valence-corrected chi connectivity index (χ0v) is 9.58. The molecule has 0 saturated carbocycles. The minimum absolute atomic E-state index is 0. The van der Waals surface area contributed by atoms with Crippen LogP contribution in [0.1, 0.15) is 11.8 Å². The number of benzene rings is 2. The van der Waals surface area contributed by atoms with Gasteiger partial charge in [0.1, 0.15) is 0 Å². The fourth-order valence-corrected chi connectivity index (χ4v) is 1.71. The number of carbonyl (C=O) groups is 1. The van der Waals surface area contributed by atoms with Crippen LogP contribution in [0.25, 0.3) is 11.1 Å². The van der Waals surface area contributed by atoms with Gasteiger partial charge >= 0.3 is 7.12 Å². The van der Waals surface area contributed by atoms with Gasteiger partial charge in [0.05, 0.1) is 0 Å². The summed E-state index contributed by atoms with van der Waals surface area (Å²) in [5.41, 5.74) is 7.75. The van der Waals surface area contributed by atoms with Crippen molar-refractivity contribution in [1.82, 2.24) is 0 Å². The van der Waals surface area contributed by atoms with Gasteiger partial charge in [-0.25, -0.2) is 0 Å². The lowest BCUT2D eigenvalue weighted by atomic mass is 9.79. The van der Waals surface area contributed by atoms with Gasteiger partial charge in [-0.15, -0.1) is 0 Å². The summed E-state index contributed by atoms with van der Waals surface area (Å²) in [6, 6.07) is 13.7. The Balaban J connectivity index is 0.00000180. The zero-order chi connectivity index (χ0) is 13.1. The maximum absolute atomic E-state index is 10.9. The smallest absolute Gasteiger partial charge is 0.423 e. The average molecular weight is 243 g/mol. The van der Waals surface area contributed by atoms with Gasteiger partial charge in [0.2, 0.25) is 5.91 Å². The van der Waals surface area contributed by atoms with E-state index in [9.17, 15) is 4.79 Å². The summed E-state index contributed by atoms with van der Waals surface area (Å²) in [5, 5.41) is 18.2. The third-order valence-corrected chi connectivity index (χ3v) is 2.69. The first-order valence-electron chi connectivity index (χ1n) is 5.44. The van der Waals surface area contributed by atoms with Crippen molar-refractivity contribution >= 4 is 18.5 Å². The van der Waals surface area contributed by atoms with Gasteiger partial charge < -0.3 is 15.8 Å². The van der Waals surface area contributed by atoms with Crippen molar-refractivity contribution in [3.63, 3.8) is 0 Å². The van der Waals surface area contributed by atoms with E-state index in [1.807, 2.05) is 6.07 Å². The molecule has 0 aromatic heterocycles. The third kappa shape index (κ3) is 2.59. The highest BCUT2D eigenvalue weighted by Crippen LogP contribution is 2.18. The van der Waals surface area contributed by atoms with E-state index in [1.54, 1.807) is 42.5 Å². The number of hydrogen-bond donors (Lipinski definition) is 3. The first-order chi connectivity index (χ1) is 8.58. The van der Waals surface area contributed by atoms with Crippen LogP contribution in [-0.2, 0) is 0 Å². The van der Waals surface area contributed by atoms with E-state index in [4.69, 9.17) is 15.8 Å². The van der Waals surface area contributed by atoms with Crippen LogP contribution in [0.2, 0.25) is 0 Å². The Morgan fingerprint density at radius 2 is 1.72 bits per heavy atom. The second-order valence-electron chi connectivity index (χ2n) is 3.94. The molecule has 0 atom stereocenters. The summed E-state index contributed by atoms with van der Waals surface area (Å²) in [6.45, 7) is 0. The Kier molecular flexibility index (Phi) is 3.46. The number of amides is 1. The topological polar surface area (TPSA) is 83.6 Å². The van der Waals surface area contributed by atoms with Crippen LogP contribution in [0, 0.1) is 0 Å². The Labute approximate surface area is 106 Å². The van der Waals surface area contributed by atoms with Gasteiger partial charge in [-0.2, -0.15) is 0 Å². The van der Waals surface area contributed by atoms with Crippen molar-refractivity contribution in [2.75, 3.05) is 0 Å². The van der Waals surface area contributed by atoms with Crippen LogP contribution < -0.4 is 11.2 Å². The van der Waals surface area contributed by atoms with Gasteiger partial charge in [-0.05, 0) is 28.7 Å². The molecular formula is C13H14BNO3. The lowest BCUT2D eigenvalue weighted by Gasteiger charge is -2.05. The molecule has 1 amide bonds. The Morgan fingerprint density at radius 1 is 1.06 bits per heavy atom. The highest BCUT2D eigenvalue weighted by atomic mass is 16.4. The summed E-state index contributed by atoms with van der Waals surface area (Å²) in [6.07, 6.45) is 0. The fraction of sp³-hybridized carbons (Fsp3) is 0. The fourth-order valence-electron chi connectivity index (χ4n) is 1.71. The maximum Gasteiger partial charge on any atom is 0.488 e. The van der Waals surface area contributed by atoms with E-state index >= 15 is 0 Å². The molecule has 0 unspecified atom stereocenters. The molecule has 0 heterocycles. The molecule has 0 fully saturated rings. The second kappa shape index (κ2) is 5.04. The zero-order valence-electron chi connectivity index (χ0n) is 9.58. The van der Waals surface area contributed by atoms with Gasteiger partial charge in [-0.1, -0.05) is 36.4 Å². The number of rotatable bonds is 3.